The molecule has 5 aromatic carbocycles. The minimum absolute atomic E-state index is 0.203. The van der Waals surface area contributed by atoms with Crippen molar-refractivity contribution in [3.63, 3.8) is 0 Å². The van der Waals surface area contributed by atoms with E-state index in [-0.39, 0.29) is 10.8 Å². The molecule has 0 unspecified atom stereocenters. The second-order valence-electron chi connectivity index (χ2n) is 12.6. The number of hydrogen-bond acceptors (Lipinski definition) is 0. The molecular weight excluding hydrogens is 536 g/mol. The van der Waals surface area contributed by atoms with Crippen molar-refractivity contribution in [1.82, 2.24) is 0 Å². The Hall–Kier alpha value is -2.37. The molecule has 0 nitrogen and oxygen atoms in total. The van der Waals surface area contributed by atoms with Crippen LogP contribution in [0.25, 0.3) is 21.5 Å². The summed E-state index contributed by atoms with van der Waals surface area (Å²) in [7, 11) is 0. The average Bonchev–Trinajstić information content (AvgIpc) is 3.54. The summed E-state index contributed by atoms with van der Waals surface area (Å²) in [4.78, 5) is 0. The Morgan fingerprint density at radius 2 is 1.18 bits per heavy atom. The Morgan fingerprint density at radius 3 is 1.55 bits per heavy atom. The van der Waals surface area contributed by atoms with Crippen LogP contribution in [0.15, 0.2) is 103 Å². The smallest absolute Gasteiger partial charge is 0.172 e. The van der Waals surface area contributed by atoms with Crippen LogP contribution in [-0.4, -0.2) is 3.21 Å². The van der Waals surface area contributed by atoms with Gasteiger partial charge in [0.1, 0.15) is 0 Å². The van der Waals surface area contributed by atoms with Crippen LogP contribution in [-0.2, 0) is 35.1 Å². The molecule has 0 bridgehead atoms. The summed E-state index contributed by atoms with van der Waals surface area (Å²) >= 11 is 1.60. The van der Waals surface area contributed by atoms with E-state index in [4.69, 9.17) is 0 Å². The minimum Gasteiger partial charge on any atom is -0.214 e. The predicted octanol–water partition coefficient (Wildman–Crippen LogP) is 10.3. The number of fused-ring (bicyclic) bond motifs is 3. The van der Waals surface area contributed by atoms with E-state index in [1.165, 1.54) is 57.5 Å². The molecule has 1 aliphatic carbocycles. The van der Waals surface area contributed by atoms with Crippen molar-refractivity contribution in [1.29, 1.82) is 0 Å². The van der Waals surface area contributed by atoms with E-state index in [9.17, 15) is 0 Å². The maximum absolute atomic E-state index is 2.35. The summed E-state index contributed by atoms with van der Waals surface area (Å²) in [5.41, 5.74) is 4.69. The molecule has 6 rings (SSSR count). The second kappa shape index (κ2) is 12.2. The Kier molecular flexibility index (Phi) is 9.20. The Labute approximate surface area is 245 Å². The van der Waals surface area contributed by atoms with E-state index in [1.807, 2.05) is 30.3 Å². The van der Waals surface area contributed by atoms with Gasteiger partial charge in [0, 0.05) is 0 Å². The van der Waals surface area contributed by atoms with E-state index < -0.39 is 0 Å². The van der Waals surface area contributed by atoms with Crippen LogP contribution in [0.3, 0.4) is 0 Å². The third-order valence-electron chi connectivity index (χ3n) is 7.59. The molecule has 0 radical (unpaired) electrons. The summed E-state index contributed by atoms with van der Waals surface area (Å²) in [6, 6.07) is 37.0. The molecule has 0 saturated heterocycles. The number of hydrogen-bond donors (Lipinski definition) is 0. The molecule has 0 aliphatic heterocycles. The molecule has 194 valence electrons. The first-order valence-corrected chi connectivity index (χ1v) is 15.2. The van der Waals surface area contributed by atoms with Gasteiger partial charge in [0.25, 0.3) is 0 Å². The first kappa shape index (κ1) is 28.6. The molecule has 0 N–H and O–H groups in total. The topological polar surface area (TPSA) is 0 Å². The molecule has 0 atom stereocenters. The van der Waals surface area contributed by atoms with Crippen molar-refractivity contribution >= 4 is 24.8 Å². The third-order valence-corrected chi connectivity index (χ3v) is 9.30. The monoisotopic (exact) mass is 576 g/mol. The molecule has 1 fully saturated rings. The van der Waals surface area contributed by atoms with Crippen LogP contribution >= 0.6 is 0 Å². The van der Waals surface area contributed by atoms with E-state index in [1.54, 1.807) is 27.4 Å². The van der Waals surface area contributed by atoms with Crippen molar-refractivity contribution in [3.05, 3.63) is 120 Å². The van der Waals surface area contributed by atoms with E-state index in [0.717, 1.165) is 5.92 Å². The fraction of sp³-hybridized carbons (Fsp3) is 0.324. The van der Waals surface area contributed by atoms with Gasteiger partial charge in [-0.25, -0.2) is 12.1 Å². The second-order valence-corrected chi connectivity index (χ2v) is 13.9. The first-order valence-electron chi connectivity index (χ1n) is 14.0. The summed E-state index contributed by atoms with van der Waals surface area (Å²) in [6.07, 6.45) is 4.29. The van der Waals surface area contributed by atoms with Gasteiger partial charge in [0.15, 0.2) is 0 Å². The van der Waals surface area contributed by atoms with Gasteiger partial charge in [-0.3, -0.25) is 0 Å². The molecule has 1 heteroatoms. The van der Waals surface area contributed by atoms with Crippen molar-refractivity contribution in [2.45, 2.75) is 71.6 Å². The molecule has 0 spiro atoms. The van der Waals surface area contributed by atoms with E-state index >= 15 is 0 Å². The Bertz CT molecular complexity index is 1360. The van der Waals surface area contributed by atoms with Crippen LogP contribution in [0.4, 0.5) is 0 Å². The van der Waals surface area contributed by atoms with Crippen LogP contribution in [0.2, 0.25) is 0 Å². The third kappa shape index (κ3) is 7.18. The molecular formula is C37H42Zr. The summed E-state index contributed by atoms with van der Waals surface area (Å²) in [5.74, 6) is 0.922. The molecule has 0 heterocycles. The van der Waals surface area contributed by atoms with Crippen LogP contribution in [0, 0.1) is 5.92 Å². The molecule has 0 amide bonds. The van der Waals surface area contributed by atoms with Gasteiger partial charge < -0.3 is 0 Å². The number of rotatable bonds is 2. The molecule has 38 heavy (non-hydrogen) atoms. The zero-order chi connectivity index (χ0) is 27.3. The first-order chi connectivity index (χ1) is 18.0. The number of benzene rings is 3. The van der Waals surface area contributed by atoms with Gasteiger partial charge in [0.2, 0.25) is 0 Å². The van der Waals surface area contributed by atoms with Gasteiger partial charge in [-0.2, -0.15) is 18.2 Å². The minimum atomic E-state index is 0.203. The van der Waals surface area contributed by atoms with Gasteiger partial charge >= 0.3 is 88.5 Å². The maximum Gasteiger partial charge on any atom is -0.172 e. The van der Waals surface area contributed by atoms with Crippen LogP contribution < -0.4 is 0 Å². The van der Waals surface area contributed by atoms with E-state index in [0.29, 0.717) is 0 Å². The SMILES string of the molecule is CC(C)(C)c1ccc2c(c1)[cH-]c1cc(C(C)(C)C)ccc12.[Zr+2]=[C](c1ccccc1)C1CCC1.c1cc[cH-]c1. The molecule has 1 saturated carbocycles. The van der Waals surface area contributed by atoms with E-state index in [2.05, 4.69) is 114 Å². The van der Waals surface area contributed by atoms with Crippen molar-refractivity contribution < 1.29 is 24.2 Å². The average molecular weight is 578 g/mol. The Balaban J connectivity index is 0.000000164. The predicted molar refractivity (Wildman–Crippen MR) is 164 cm³/mol. The molecule has 0 aromatic heterocycles. The molecule has 5 aromatic rings. The maximum atomic E-state index is 2.35. The zero-order valence-corrected chi connectivity index (χ0v) is 26.5. The quantitative estimate of drug-likeness (QED) is 0.183. The van der Waals surface area contributed by atoms with Gasteiger partial charge in [-0.1, -0.05) is 76.9 Å². The summed E-state index contributed by atoms with van der Waals surface area (Å²) in [6.45, 7) is 13.6. The van der Waals surface area contributed by atoms with Gasteiger partial charge in [-0.15, -0.1) is 39.7 Å². The molecule has 1 aliphatic rings. The van der Waals surface area contributed by atoms with Crippen molar-refractivity contribution in [2.75, 3.05) is 0 Å². The van der Waals surface area contributed by atoms with Gasteiger partial charge in [0.05, 0.1) is 0 Å². The Morgan fingerprint density at radius 1 is 0.684 bits per heavy atom. The normalized spacial score (nSPS) is 13.8. The van der Waals surface area contributed by atoms with Crippen LogP contribution in [0.1, 0.15) is 77.5 Å². The van der Waals surface area contributed by atoms with Crippen molar-refractivity contribution in [3.8, 4) is 0 Å². The van der Waals surface area contributed by atoms with Gasteiger partial charge in [-0.05, 0) is 10.8 Å². The van der Waals surface area contributed by atoms with Crippen molar-refractivity contribution in [2.24, 2.45) is 5.92 Å². The summed E-state index contributed by atoms with van der Waals surface area (Å²) < 4.78 is 1.68. The largest absolute Gasteiger partial charge is 0.214 e. The fourth-order valence-corrected chi connectivity index (χ4v) is 5.95. The van der Waals surface area contributed by atoms with Crippen LogP contribution in [0.5, 0.6) is 0 Å². The standard InChI is InChI=1S/C21H25.C11H12.C5H5.Zr/c1-20(2,3)16-7-9-18-14(12-16)11-15-13-17(21(4,5)6)8-10-19(15)18;1-2-5-10(6-3-1)9-11-7-4-8-11;1-2-4-5-3-1;/h7-13H,1-6H3;1-3,5-6,11H,4,7-8H2;1-5H;/q-1;;-1;+2. The summed E-state index contributed by atoms with van der Waals surface area (Å²) in [5, 5.41) is 5.48. The fourth-order valence-electron chi connectivity index (χ4n) is 4.83. The zero-order valence-electron chi connectivity index (χ0n) is 24.0.